The lowest BCUT2D eigenvalue weighted by Gasteiger charge is -2.16. The summed E-state index contributed by atoms with van der Waals surface area (Å²) in [5.41, 5.74) is 0.486. The second kappa shape index (κ2) is 8.23. The molecule has 1 heterocycles. The number of hydrogen-bond donors (Lipinski definition) is 0. The molecule has 3 aromatic rings. The highest BCUT2D eigenvalue weighted by molar-refractivity contribution is 6.35. The number of benzene rings is 2. The zero-order valence-corrected chi connectivity index (χ0v) is 17.5. The van der Waals surface area contributed by atoms with Crippen LogP contribution in [0, 0.1) is 5.92 Å². The maximum absolute atomic E-state index is 13.2. The third-order valence-corrected chi connectivity index (χ3v) is 6.22. The lowest BCUT2D eigenvalue weighted by atomic mass is 9.94. The van der Waals surface area contributed by atoms with Crippen LogP contribution < -0.4 is 5.56 Å². The first-order valence-corrected chi connectivity index (χ1v) is 10.5. The highest BCUT2D eigenvalue weighted by Crippen LogP contribution is 2.34. The predicted molar refractivity (Wildman–Crippen MR) is 112 cm³/mol. The molecule has 1 aliphatic rings. The normalized spacial score (nSPS) is 15.2. The minimum Gasteiger partial charge on any atom is -0.294 e. The Labute approximate surface area is 181 Å². The van der Waals surface area contributed by atoms with Gasteiger partial charge in [0.2, 0.25) is 0 Å². The Kier molecular flexibility index (Phi) is 5.82. The van der Waals surface area contributed by atoms with E-state index in [0.717, 1.165) is 29.7 Å². The molecular formula is C22H19Cl2F3N2O. The summed E-state index contributed by atoms with van der Waals surface area (Å²) in [7, 11) is 0. The molecule has 158 valence electrons. The van der Waals surface area contributed by atoms with E-state index in [0.29, 0.717) is 10.9 Å². The van der Waals surface area contributed by atoms with Crippen LogP contribution in [-0.2, 0) is 19.1 Å². The second-order valence-electron chi connectivity index (χ2n) is 7.80. The van der Waals surface area contributed by atoms with Gasteiger partial charge in [0.1, 0.15) is 0 Å². The molecule has 0 atom stereocenters. The lowest BCUT2D eigenvalue weighted by Crippen LogP contribution is -2.22. The molecule has 0 amide bonds. The van der Waals surface area contributed by atoms with Crippen molar-refractivity contribution < 1.29 is 13.2 Å². The molecule has 30 heavy (non-hydrogen) atoms. The van der Waals surface area contributed by atoms with E-state index in [9.17, 15) is 18.0 Å². The summed E-state index contributed by atoms with van der Waals surface area (Å²) in [4.78, 5) is 17.1. The van der Waals surface area contributed by atoms with Gasteiger partial charge in [0.05, 0.1) is 34.4 Å². The van der Waals surface area contributed by atoms with E-state index in [4.69, 9.17) is 23.2 Å². The van der Waals surface area contributed by atoms with Gasteiger partial charge in [-0.15, -0.1) is 0 Å². The average molecular weight is 455 g/mol. The van der Waals surface area contributed by atoms with Crippen LogP contribution in [0.15, 0.2) is 41.5 Å². The molecule has 0 unspecified atom stereocenters. The van der Waals surface area contributed by atoms with Crippen LogP contribution in [0.25, 0.3) is 10.9 Å². The number of nitrogens with zero attached hydrogens (tertiary/aromatic N) is 2. The summed E-state index contributed by atoms with van der Waals surface area (Å²) >= 11 is 12.1. The fourth-order valence-electron chi connectivity index (χ4n) is 4.15. The third-order valence-electron chi connectivity index (χ3n) is 5.70. The number of halogens is 5. The fraction of sp³-hybridized carbons (Fsp3) is 0.364. The molecule has 1 saturated carbocycles. The van der Waals surface area contributed by atoms with E-state index in [1.165, 1.54) is 36.6 Å². The van der Waals surface area contributed by atoms with Crippen LogP contribution in [0.3, 0.4) is 0 Å². The van der Waals surface area contributed by atoms with Crippen LogP contribution in [0.2, 0.25) is 10.0 Å². The Balaban J connectivity index is 1.75. The number of alkyl halides is 3. The Morgan fingerprint density at radius 1 is 1.07 bits per heavy atom. The molecular weight excluding hydrogens is 436 g/mol. The summed E-state index contributed by atoms with van der Waals surface area (Å²) < 4.78 is 40.8. The maximum Gasteiger partial charge on any atom is 0.416 e. The lowest BCUT2D eigenvalue weighted by molar-refractivity contribution is -0.137. The first kappa shape index (κ1) is 21.2. The molecule has 2 aromatic carbocycles. The van der Waals surface area contributed by atoms with Crippen molar-refractivity contribution in [2.24, 2.45) is 5.92 Å². The minimum atomic E-state index is -4.60. The molecule has 1 aromatic heterocycles. The molecule has 0 spiro atoms. The number of aromatic nitrogens is 2. The van der Waals surface area contributed by atoms with Crippen molar-refractivity contribution in [3.05, 3.63) is 73.7 Å². The fourth-order valence-corrected chi connectivity index (χ4v) is 4.62. The van der Waals surface area contributed by atoms with Gasteiger partial charge in [-0.1, -0.05) is 55.0 Å². The zero-order valence-electron chi connectivity index (χ0n) is 16.0. The summed E-state index contributed by atoms with van der Waals surface area (Å²) in [6.07, 6.45) is 2.42. The van der Waals surface area contributed by atoms with Gasteiger partial charge in [0.15, 0.2) is 0 Å². The van der Waals surface area contributed by atoms with Gasteiger partial charge in [0, 0.05) is 5.02 Å². The van der Waals surface area contributed by atoms with E-state index < -0.39 is 17.3 Å². The van der Waals surface area contributed by atoms with Gasteiger partial charge in [-0.2, -0.15) is 13.2 Å². The first-order valence-electron chi connectivity index (χ1n) is 9.75. The monoisotopic (exact) mass is 454 g/mol. The van der Waals surface area contributed by atoms with Gasteiger partial charge in [0.25, 0.3) is 5.56 Å². The van der Waals surface area contributed by atoms with E-state index in [1.807, 2.05) is 18.2 Å². The molecule has 0 radical (unpaired) electrons. The number of fused-ring (bicyclic) bond motifs is 1. The molecule has 4 rings (SSSR count). The quantitative estimate of drug-likeness (QED) is 0.450. The zero-order chi connectivity index (χ0) is 21.5. The highest BCUT2D eigenvalue weighted by Gasteiger charge is 2.32. The third kappa shape index (κ3) is 4.35. The van der Waals surface area contributed by atoms with Crippen LogP contribution in [0.4, 0.5) is 13.2 Å². The second-order valence-corrected chi connectivity index (χ2v) is 8.64. The van der Waals surface area contributed by atoms with Crippen LogP contribution in [-0.4, -0.2) is 9.55 Å². The summed E-state index contributed by atoms with van der Waals surface area (Å²) in [5.74, 6) is 0.601. The van der Waals surface area contributed by atoms with Crippen LogP contribution in [0.5, 0.6) is 0 Å². The van der Waals surface area contributed by atoms with Crippen molar-refractivity contribution >= 4 is 34.1 Å². The minimum absolute atomic E-state index is 0.0585. The SMILES string of the molecule is O=c1c2cc(C(F)(F)F)cc(Cl)c2ncn1Cc1cc(Cl)ccc1CC1CCCC1. The van der Waals surface area contributed by atoms with Gasteiger partial charge in [-0.3, -0.25) is 9.36 Å². The molecule has 1 aliphatic carbocycles. The number of rotatable bonds is 4. The molecule has 0 N–H and O–H groups in total. The van der Waals surface area contributed by atoms with E-state index >= 15 is 0 Å². The maximum atomic E-state index is 13.2. The van der Waals surface area contributed by atoms with Crippen LogP contribution in [0.1, 0.15) is 42.4 Å². The van der Waals surface area contributed by atoms with Crippen molar-refractivity contribution in [1.29, 1.82) is 0 Å². The van der Waals surface area contributed by atoms with Gasteiger partial charge in [-0.25, -0.2) is 4.98 Å². The molecule has 0 saturated heterocycles. The molecule has 0 bridgehead atoms. The van der Waals surface area contributed by atoms with Gasteiger partial charge in [-0.05, 0) is 47.7 Å². The Morgan fingerprint density at radius 3 is 2.50 bits per heavy atom. The van der Waals surface area contributed by atoms with Crippen molar-refractivity contribution in [3.8, 4) is 0 Å². The first-order chi connectivity index (χ1) is 14.2. The molecule has 1 fully saturated rings. The molecule has 0 aliphatic heterocycles. The van der Waals surface area contributed by atoms with Gasteiger partial charge >= 0.3 is 6.18 Å². The summed E-state index contributed by atoms with van der Waals surface area (Å²) in [5, 5.41) is 0.190. The smallest absolute Gasteiger partial charge is 0.294 e. The van der Waals surface area contributed by atoms with E-state index in [1.54, 1.807) is 0 Å². The van der Waals surface area contributed by atoms with E-state index in [-0.39, 0.29) is 22.5 Å². The molecule has 3 nitrogen and oxygen atoms in total. The largest absolute Gasteiger partial charge is 0.416 e. The van der Waals surface area contributed by atoms with Crippen molar-refractivity contribution in [1.82, 2.24) is 9.55 Å². The standard InChI is InChI=1S/C22H19Cl2F3N2O/c23-17-6-5-14(7-13-3-1-2-4-13)15(8-17)11-29-12-28-20-18(21(29)30)9-16(10-19(20)24)22(25,26)27/h5-6,8-10,12-13H,1-4,7,11H2. The summed E-state index contributed by atoms with van der Waals surface area (Å²) in [6.45, 7) is 0.179. The average Bonchev–Trinajstić information content (AvgIpc) is 3.19. The Hall–Kier alpha value is -2.05. The Morgan fingerprint density at radius 2 is 1.80 bits per heavy atom. The number of hydrogen-bond acceptors (Lipinski definition) is 2. The molecule has 8 heteroatoms. The van der Waals surface area contributed by atoms with Crippen molar-refractivity contribution in [2.45, 2.75) is 44.8 Å². The van der Waals surface area contributed by atoms with Gasteiger partial charge < -0.3 is 0 Å². The van der Waals surface area contributed by atoms with Crippen molar-refractivity contribution in [2.75, 3.05) is 0 Å². The van der Waals surface area contributed by atoms with E-state index in [2.05, 4.69) is 4.98 Å². The topological polar surface area (TPSA) is 34.9 Å². The Bertz CT molecular complexity index is 1150. The summed E-state index contributed by atoms with van der Waals surface area (Å²) in [6, 6.07) is 7.20. The highest BCUT2D eigenvalue weighted by atomic mass is 35.5. The predicted octanol–water partition coefficient (Wildman–Crippen LogP) is 6.50. The van der Waals surface area contributed by atoms with Crippen molar-refractivity contribution in [3.63, 3.8) is 0 Å². The van der Waals surface area contributed by atoms with Crippen LogP contribution >= 0.6 is 23.2 Å².